The first-order valence-corrected chi connectivity index (χ1v) is 36.6. The zero-order valence-corrected chi connectivity index (χ0v) is 66.2. The van der Waals surface area contributed by atoms with E-state index in [-0.39, 0.29) is 42.0 Å². The number of aromatic carboxylic acids is 1. The van der Waals surface area contributed by atoms with Crippen LogP contribution in [0.4, 0.5) is 76.3 Å². The fourth-order valence-electron chi connectivity index (χ4n) is 10.1. The summed E-state index contributed by atoms with van der Waals surface area (Å²) in [7, 11) is 1.55. The number of benzene rings is 4. The normalized spacial score (nSPS) is 14.7. The molecule has 8 aromatic rings. The van der Waals surface area contributed by atoms with Crippen LogP contribution in [0.25, 0.3) is 0 Å². The summed E-state index contributed by atoms with van der Waals surface area (Å²) in [5, 5.41) is 31.2. The smallest absolute Gasteiger partial charge is 0.412 e. The van der Waals surface area contributed by atoms with Crippen molar-refractivity contribution in [2.75, 3.05) is 113 Å². The number of rotatable bonds is 16. The number of hydrogen-bond donors (Lipinski definition) is 13. The third-order valence-electron chi connectivity index (χ3n) is 15.4. The monoisotopic (exact) mass is 1590 g/mol. The molecule has 17 N–H and O–H groups in total. The van der Waals surface area contributed by atoms with Crippen LogP contribution in [0.3, 0.4) is 0 Å². The van der Waals surface area contributed by atoms with Crippen molar-refractivity contribution in [1.29, 1.82) is 0 Å². The Balaban J connectivity index is 0.000000223. The highest BCUT2D eigenvalue weighted by molar-refractivity contribution is 6.29. The minimum atomic E-state index is -0.996. The molecule has 7 amide bonds. The van der Waals surface area contributed by atoms with E-state index < -0.39 is 47.1 Å². The Labute approximate surface area is 666 Å². The summed E-state index contributed by atoms with van der Waals surface area (Å²) >= 11 is 11.1. The number of aromatic nitrogens is 4. The number of carboxylic acid groups (broad SMARTS) is 1. The number of methoxy groups -OCH3 is 1. The molecule has 0 radical (unpaired) electrons. The lowest BCUT2D eigenvalue weighted by Crippen LogP contribution is -2.38. The Morgan fingerprint density at radius 3 is 1.18 bits per heavy atom. The fraction of sp³-hybridized carbons (Fsp3) is 0.342. The van der Waals surface area contributed by atoms with Gasteiger partial charge >= 0.3 is 30.3 Å². The van der Waals surface area contributed by atoms with Crippen LogP contribution >= 0.6 is 23.2 Å². The molecule has 7 heterocycles. The van der Waals surface area contributed by atoms with Gasteiger partial charge in [-0.25, -0.2) is 43.9 Å². The van der Waals surface area contributed by atoms with Gasteiger partial charge in [-0.3, -0.25) is 30.3 Å². The first-order chi connectivity index (χ1) is 53.5. The average molecular weight is 1600 g/mol. The fourth-order valence-corrected chi connectivity index (χ4v) is 10.3. The van der Waals surface area contributed by atoms with E-state index in [1.54, 1.807) is 197 Å². The Hall–Kier alpha value is -11.9. The first-order valence-electron chi connectivity index (χ1n) is 35.8. The number of alkyl carbamates (subject to hydrolysis) is 1. The van der Waals surface area contributed by atoms with E-state index in [0.717, 1.165) is 63.6 Å². The number of para-hydroxylation sites is 8. The van der Waals surface area contributed by atoms with Gasteiger partial charge < -0.3 is 88.1 Å². The summed E-state index contributed by atoms with van der Waals surface area (Å²) < 4.78 is 25.4. The average Bonchev–Trinajstić information content (AvgIpc) is 1.82. The number of pyridine rings is 4. The second-order valence-corrected chi connectivity index (χ2v) is 29.1. The zero-order valence-electron chi connectivity index (χ0n) is 64.7. The molecule has 113 heavy (non-hydrogen) atoms. The molecule has 0 aliphatic carbocycles. The molecular weight excluding hydrogens is 1500 g/mol. The van der Waals surface area contributed by atoms with E-state index in [1.165, 1.54) is 36.8 Å². The van der Waals surface area contributed by atoms with Gasteiger partial charge in [0.05, 0.1) is 80.4 Å². The molecule has 3 saturated heterocycles. The molecule has 604 valence electrons. The maximum absolute atomic E-state index is 12.6. The highest BCUT2D eigenvalue weighted by atomic mass is 35.5. The number of carbonyl (C=O) groups is 8. The van der Waals surface area contributed by atoms with Crippen LogP contribution in [0.5, 0.6) is 0 Å². The number of hydrogen-bond acceptors (Lipinski definition) is 24. The lowest BCUT2D eigenvalue weighted by atomic mass is 10.2. The van der Waals surface area contributed by atoms with Gasteiger partial charge in [0.25, 0.3) is 17.7 Å². The number of carbonyl (C=O) groups excluding carboxylic acids is 7. The van der Waals surface area contributed by atoms with Crippen LogP contribution in [0, 0.1) is 0 Å². The summed E-state index contributed by atoms with van der Waals surface area (Å²) in [6, 6.07) is 41.4. The number of nitrogen functional groups attached to an aromatic ring is 2. The molecule has 3 aliphatic rings. The van der Waals surface area contributed by atoms with Crippen LogP contribution < -0.4 is 75.3 Å². The molecule has 0 saturated carbocycles. The van der Waals surface area contributed by atoms with Gasteiger partial charge in [-0.1, -0.05) is 71.7 Å². The Bertz CT molecular complexity index is 4410. The Kier molecular flexibility index (Phi) is 35.2. The molecule has 4 aromatic carbocycles. The summed E-state index contributed by atoms with van der Waals surface area (Å²) in [6.07, 6.45) is 6.40. The minimum absolute atomic E-state index is 0.0177. The number of nitrogens with zero attached hydrogens (tertiary/aromatic N) is 6. The third-order valence-corrected chi connectivity index (χ3v) is 15.9. The molecule has 3 aliphatic heterocycles. The largest absolute Gasteiger partial charge is 0.478 e. The number of anilines is 10. The van der Waals surface area contributed by atoms with Crippen molar-refractivity contribution in [2.24, 2.45) is 11.5 Å². The van der Waals surface area contributed by atoms with Crippen molar-refractivity contribution >= 4 is 128 Å². The molecule has 0 bridgehead atoms. The van der Waals surface area contributed by atoms with Crippen molar-refractivity contribution in [3.8, 4) is 0 Å². The number of nitrogens with one attached hydrogen (secondary N) is 8. The van der Waals surface area contributed by atoms with Crippen LogP contribution in [0.15, 0.2) is 170 Å². The topological polar surface area (TPSA) is 461 Å². The molecule has 32 nitrogen and oxygen atoms in total. The van der Waals surface area contributed by atoms with Gasteiger partial charge in [-0.2, -0.15) is 0 Å². The number of carboxylic acids is 1. The molecule has 0 unspecified atom stereocenters. The minimum Gasteiger partial charge on any atom is -0.478 e. The van der Waals surface area contributed by atoms with Crippen molar-refractivity contribution in [1.82, 2.24) is 30.6 Å². The number of halogens is 2. The van der Waals surface area contributed by atoms with E-state index in [9.17, 15) is 38.4 Å². The SMILES string of the molecule is CC(C)(C)OC(=O)Nc1ccccc1N.CC(C)(C)OC(=O)Nc1ccccc1NC(=O)c1ccc(Cl)nc1.CC(C)(C)OC(=O)Nc1ccccc1NC(=O)c1ccc(N2CC[C@H](N)C2)nc1.COCCOC(=O)N[C@H]1CCN(c2ccc(C(=O)Nc3ccccc3N)cn2)C1.N[C@H]1CCNC1.O=C(O)c1ccc(Cl)nc1. The molecule has 3 atom stereocenters. The predicted octanol–water partition coefficient (Wildman–Crippen LogP) is 12.8. The van der Waals surface area contributed by atoms with E-state index in [2.05, 4.69) is 72.3 Å². The van der Waals surface area contributed by atoms with Gasteiger partial charge in [0.2, 0.25) is 0 Å². The first kappa shape index (κ1) is 89.9. The molecular formula is C79H100Cl2N18O14. The van der Waals surface area contributed by atoms with Gasteiger partial charge in [0.1, 0.15) is 45.4 Å². The lowest BCUT2D eigenvalue weighted by Gasteiger charge is -2.20. The lowest BCUT2D eigenvalue weighted by molar-refractivity contribution is 0.0624. The maximum Gasteiger partial charge on any atom is 0.412 e. The van der Waals surface area contributed by atoms with Crippen molar-refractivity contribution < 1.29 is 67.1 Å². The number of nitrogens with two attached hydrogens (primary N) is 4. The number of amides is 7. The molecule has 11 rings (SSSR count). The van der Waals surface area contributed by atoms with Gasteiger partial charge in [-0.15, -0.1) is 0 Å². The molecule has 34 heteroatoms. The summed E-state index contributed by atoms with van der Waals surface area (Å²) in [5.41, 5.74) is 26.5. The summed E-state index contributed by atoms with van der Waals surface area (Å²) in [4.78, 5) is 115. The van der Waals surface area contributed by atoms with Gasteiger partial charge in [0.15, 0.2) is 0 Å². The van der Waals surface area contributed by atoms with Crippen LogP contribution in [-0.2, 0) is 23.7 Å². The number of ether oxygens (including phenoxy) is 5. The van der Waals surface area contributed by atoms with E-state index >= 15 is 0 Å². The van der Waals surface area contributed by atoms with E-state index in [1.807, 2.05) is 6.07 Å². The van der Waals surface area contributed by atoms with E-state index in [0.29, 0.717) is 91.7 Å². The maximum atomic E-state index is 12.6. The summed E-state index contributed by atoms with van der Waals surface area (Å²) in [5.74, 6) is -0.400. The molecule has 0 spiro atoms. The molecule has 4 aromatic heterocycles. The van der Waals surface area contributed by atoms with Crippen molar-refractivity contribution in [3.05, 3.63) is 203 Å². The summed E-state index contributed by atoms with van der Waals surface area (Å²) in [6.45, 7) is 21.8. The molecule has 3 fully saturated rings. The Morgan fingerprint density at radius 2 is 0.832 bits per heavy atom. The Morgan fingerprint density at radius 1 is 0.460 bits per heavy atom. The van der Waals surface area contributed by atoms with Gasteiger partial charge in [-0.05, 0) is 185 Å². The standard InChI is InChI=1S/C21H27N5O3.C20H25N5O4.C17H18ClN3O3.C11H16N2O2.C6H4ClNO2.C4H10N2/c1-21(2,3)29-20(28)25-17-7-5-4-6-16(17)24-19(27)14-8-9-18(23-12-14)26-11-10-15(22)13-26;1-28-10-11-29-20(27)23-15-8-9-25(13-15)18-7-6-14(12-22-18)19(26)24-17-5-3-2-4-16(17)21;1-17(2,3)24-16(23)21-13-7-5-4-6-12(13)20-15(22)11-8-9-14(18)19-10-11;1-11(2,3)15-10(14)13-9-7-5-4-6-8(9)12;7-5-2-1-4(3-8-5)6(9)10;5-4-1-2-6-3-4/h4-9,12,15H,10-11,13,22H2,1-3H3,(H,24,27)(H,25,28);2-7,12,15H,8-11,13,21H2,1H3,(H,23,27)(H,24,26);4-10H,1-3H3,(H,20,22)(H,21,23);4-7H,12H2,1-3H3,(H,13,14);1-3H,(H,9,10);4,6H,1-3,5H2/t2*15-;;;;4-/m00...0/s1. The van der Waals surface area contributed by atoms with E-state index in [4.69, 9.17) is 74.9 Å². The van der Waals surface area contributed by atoms with Crippen LogP contribution in [0.1, 0.15) is 123 Å². The van der Waals surface area contributed by atoms with Crippen molar-refractivity contribution in [2.45, 2.75) is 117 Å². The predicted molar refractivity (Wildman–Crippen MR) is 439 cm³/mol. The second kappa shape index (κ2) is 44.2. The van der Waals surface area contributed by atoms with Gasteiger partial charge in [0, 0.05) is 76.7 Å². The van der Waals surface area contributed by atoms with Crippen LogP contribution in [-0.4, -0.2) is 168 Å². The zero-order chi connectivity index (χ0) is 82.8. The second-order valence-electron chi connectivity index (χ2n) is 28.3. The highest BCUT2D eigenvalue weighted by Gasteiger charge is 2.27. The van der Waals surface area contributed by atoms with Crippen LogP contribution in [0.2, 0.25) is 10.3 Å². The quantitative estimate of drug-likeness (QED) is 0.0185. The third kappa shape index (κ3) is 33.7. The van der Waals surface area contributed by atoms with Crippen molar-refractivity contribution in [3.63, 3.8) is 0 Å². The highest BCUT2D eigenvalue weighted by Crippen LogP contribution is 2.27.